The normalized spacial score (nSPS) is 16.6. The zero-order valence-corrected chi connectivity index (χ0v) is 20.9. The van der Waals surface area contributed by atoms with E-state index < -0.39 is 6.04 Å². The summed E-state index contributed by atoms with van der Waals surface area (Å²) in [6.45, 7) is 13.7. The first kappa shape index (κ1) is 24.1. The van der Waals surface area contributed by atoms with Gasteiger partial charge in [-0.3, -0.25) is 14.5 Å². The summed E-state index contributed by atoms with van der Waals surface area (Å²) in [6, 6.07) is 5.63. The van der Waals surface area contributed by atoms with Crippen LogP contribution in [-0.4, -0.2) is 55.8 Å². The van der Waals surface area contributed by atoms with Crippen LogP contribution in [0.15, 0.2) is 23.0 Å². The van der Waals surface area contributed by atoms with Gasteiger partial charge in [0.15, 0.2) is 5.82 Å². The van der Waals surface area contributed by atoms with Gasteiger partial charge in [0.2, 0.25) is 0 Å². The Hall–Kier alpha value is -3.07. The first-order valence-electron chi connectivity index (χ1n) is 11.9. The lowest BCUT2D eigenvalue weighted by Crippen LogP contribution is -2.43. The number of carbonyl (C=O) groups excluding carboxylic acids is 1. The molecule has 0 bridgehead atoms. The van der Waals surface area contributed by atoms with Gasteiger partial charge in [-0.15, -0.1) is 5.10 Å². The summed E-state index contributed by atoms with van der Waals surface area (Å²) in [5.41, 5.74) is 3.19. The Morgan fingerprint density at radius 3 is 2.50 bits per heavy atom. The fourth-order valence-electron chi connectivity index (χ4n) is 4.69. The number of nitrogens with one attached hydrogen (secondary N) is 1. The molecule has 0 radical (unpaired) electrons. The van der Waals surface area contributed by atoms with Crippen molar-refractivity contribution in [3.63, 3.8) is 0 Å². The van der Waals surface area contributed by atoms with Crippen LogP contribution in [0, 0.1) is 19.8 Å². The molecule has 3 aromatic rings. The maximum absolute atomic E-state index is 13.4. The summed E-state index contributed by atoms with van der Waals surface area (Å²) >= 11 is 0. The molecule has 9 nitrogen and oxygen atoms in total. The van der Waals surface area contributed by atoms with Crippen molar-refractivity contribution in [3.8, 4) is 0 Å². The van der Waals surface area contributed by atoms with Gasteiger partial charge in [0.05, 0.1) is 18.1 Å². The summed E-state index contributed by atoms with van der Waals surface area (Å²) in [5.74, 6) is 0.347. The van der Waals surface area contributed by atoms with E-state index in [2.05, 4.69) is 38.4 Å². The number of benzene rings is 1. The van der Waals surface area contributed by atoms with Crippen LogP contribution in [0.3, 0.4) is 0 Å². The number of carbonyl (C=O) groups is 1. The number of aromatic amines is 1. The van der Waals surface area contributed by atoms with Crippen LogP contribution in [-0.2, 0) is 15.1 Å². The monoisotopic (exact) mass is 466 g/mol. The number of pyridine rings is 1. The molecule has 1 saturated heterocycles. The molecule has 1 fully saturated rings. The molecule has 9 heteroatoms. The van der Waals surface area contributed by atoms with Gasteiger partial charge in [0.25, 0.3) is 5.56 Å². The molecule has 0 spiro atoms. The van der Waals surface area contributed by atoms with E-state index in [1.54, 1.807) is 4.68 Å². The summed E-state index contributed by atoms with van der Waals surface area (Å²) in [5, 5.41) is 13.6. The highest BCUT2D eigenvalue weighted by Gasteiger charge is 2.36. The molecule has 0 amide bonds. The predicted molar refractivity (Wildman–Crippen MR) is 130 cm³/mol. The van der Waals surface area contributed by atoms with E-state index in [-0.39, 0.29) is 23.0 Å². The Bertz CT molecular complexity index is 1250. The number of piperidine rings is 1. The Morgan fingerprint density at radius 2 is 1.85 bits per heavy atom. The number of aryl methyl sites for hydroxylation is 2. The largest absolute Gasteiger partial charge is 0.466 e. The average Bonchev–Trinajstić information content (AvgIpc) is 3.26. The molecule has 1 aliphatic rings. The number of likely N-dealkylation sites (tertiary alicyclic amines) is 1. The summed E-state index contributed by atoms with van der Waals surface area (Å²) in [7, 11) is 0. The Kier molecular flexibility index (Phi) is 6.58. The van der Waals surface area contributed by atoms with Crippen molar-refractivity contribution < 1.29 is 9.53 Å². The minimum absolute atomic E-state index is 0.129. The average molecular weight is 467 g/mol. The maximum Gasteiger partial charge on any atom is 0.309 e. The smallest absolute Gasteiger partial charge is 0.309 e. The molecule has 1 N–H and O–H groups in total. The second-order valence-corrected chi connectivity index (χ2v) is 10.2. The molecule has 182 valence electrons. The van der Waals surface area contributed by atoms with Gasteiger partial charge in [-0.1, -0.05) is 0 Å². The Labute approximate surface area is 199 Å². The molecule has 1 aliphatic heterocycles. The van der Waals surface area contributed by atoms with Crippen LogP contribution in [0.5, 0.6) is 0 Å². The number of rotatable bonds is 5. The topological polar surface area (TPSA) is 106 Å². The number of aromatic nitrogens is 5. The maximum atomic E-state index is 13.4. The lowest BCUT2D eigenvalue weighted by Gasteiger charge is -2.37. The summed E-state index contributed by atoms with van der Waals surface area (Å²) in [6.07, 6.45) is 1.33. The zero-order chi connectivity index (χ0) is 24.6. The first-order valence-corrected chi connectivity index (χ1v) is 11.9. The summed E-state index contributed by atoms with van der Waals surface area (Å²) < 4.78 is 7.03. The van der Waals surface area contributed by atoms with E-state index >= 15 is 0 Å². The number of esters is 1. The van der Waals surface area contributed by atoms with Gasteiger partial charge in [0, 0.05) is 24.2 Å². The third kappa shape index (κ3) is 4.61. The highest BCUT2D eigenvalue weighted by Crippen LogP contribution is 2.33. The van der Waals surface area contributed by atoms with E-state index in [9.17, 15) is 9.59 Å². The number of hydrogen-bond acceptors (Lipinski definition) is 7. The van der Waals surface area contributed by atoms with Crippen LogP contribution < -0.4 is 5.56 Å². The fourth-order valence-corrected chi connectivity index (χ4v) is 4.69. The molecule has 1 aromatic carbocycles. The minimum Gasteiger partial charge on any atom is -0.466 e. The van der Waals surface area contributed by atoms with Crippen molar-refractivity contribution in [2.75, 3.05) is 19.7 Å². The Balaban J connectivity index is 1.79. The number of tetrazole rings is 1. The van der Waals surface area contributed by atoms with Crippen molar-refractivity contribution in [2.24, 2.45) is 5.92 Å². The third-order valence-corrected chi connectivity index (χ3v) is 6.67. The highest BCUT2D eigenvalue weighted by atomic mass is 16.5. The van der Waals surface area contributed by atoms with Gasteiger partial charge < -0.3 is 9.72 Å². The molecule has 0 unspecified atom stereocenters. The molecule has 3 heterocycles. The fraction of sp³-hybridized carbons (Fsp3) is 0.560. The number of ether oxygens (including phenoxy) is 1. The lowest BCUT2D eigenvalue weighted by atomic mass is 9.93. The molecular weight excluding hydrogens is 432 g/mol. The van der Waals surface area contributed by atoms with Gasteiger partial charge >= 0.3 is 5.97 Å². The molecular formula is C25H34N6O3. The summed E-state index contributed by atoms with van der Waals surface area (Å²) in [4.78, 5) is 31.0. The van der Waals surface area contributed by atoms with Crippen LogP contribution in [0.4, 0.5) is 0 Å². The van der Waals surface area contributed by atoms with Crippen LogP contribution >= 0.6 is 0 Å². The molecule has 1 atom stereocenters. The van der Waals surface area contributed by atoms with Gasteiger partial charge in [-0.05, 0) is 99.5 Å². The molecule has 34 heavy (non-hydrogen) atoms. The van der Waals surface area contributed by atoms with Crippen molar-refractivity contribution >= 4 is 16.9 Å². The van der Waals surface area contributed by atoms with Crippen molar-refractivity contribution in [2.45, 2.75) is 66.0 Å². The van der Waals surface area contributed by atoms with E-state index in [0.29, 0.717) is 43.9 Å². The van der Waals surface area contributed by atoms with Gasteiger partial charge in [-0.2, -0.15) is 0 Å². The zero-order valence-electron chi connectivity index (χ0n) is 20.9. The number of hydrogen-bond donors (Lipinski definition) is 1. The van der Waals surface area contributed by atoms with Gasteiger partial charge in [0.1, 0.15) is 6.04 Å². The minimum atomic E-state index is -0.438. The van der Waals surface area contributed by atoms with Crippen molar-refractivity contribution in [1.82, 2.24) is 30.1 Å². The van der Waals surface area contributed by atoms with Crippen molar-refractivity contribution in [1.29, 1.82) is 0 Å². The van der Waals surface area contributed by atoms with Crippen LogP contribution in [0.25, 0.3) is 10.9 Å². The van der Waals surface area contributed by atoms with Crippen molar-refractivity contribution in [3.05, 3.63) is 51.1 Å². The lowest BCUT2D eigenvalue weighted by molar-refractivity contribution is -0.149. The number of nitrogens with zero attached hydrogens (tertiary/aromatic N) is 5. The second kappa shape index (κ2) is 9.29. The van der Waals surface area contributed by atoms with E-state index in [0.717, 1.165) is 22.0 Å². The van der Waals surface area contributed by atoms with E-state index in [1.165, 1.54) is 0 Å². The van der Waals surface area contributed by atoms with Crippen LogP contribution in [0.2, 0.25) is 0 Å². The van der Waals surface area contributed by atoms with Crippen LogP contribution in [0.1, 0.15) is 69.1 Å². The second-order valence-electron chi connectivity index (χ2n) is 10.2. The molecule has 0 aliphatic carbocycles. The SMILES string of the molecule is CCOC(=O)C1CCN([C@H](c2cc3cc(C)c(C)cc3[nH]c2=O)c2nnnn2C(C)(C)C)CC1. The number of H-pyrrole nitrogens is 1. The molecule has 0 saturated carbocycles. The third-order valence-electron chi connectivity index (χ3n) is 6.67. The Morgan fingerprint density at radius 1 is 1.18 bits per heavy atom. The highest BCUT2D eigenvalue weighted by molar-refractivity contribution is 5.81. The molecule has 4 rings (SSSR count). The predicted octanol–water partition coefficient (Wildman–Crippen LogP) is 3.25. The van der Waals surface area contributed by atoms with E-state index in [4.69, 9.17) is 4.74 Å². The van der Waals surface area contributed by atoms with Gasteiger partial charge in [-0.25, -0.2) is 4.68 Å². The quantitative estimate of drug-likeness (QED) is 0.575. The first-order chi connectivity index (χ1) is 16.1. The standard InChI is InChI=1S/C25H34N6O3/c1-7-34-24(33)17-8-10-30(11-9-17)21(22-27-28-29-31(22)25(4,5)6)19-14-18-12-15(2)16(3)13-20(18)26-23(19)32/h12-14,17,21H,7-11H2,1-6H3,(H,26,32)/t21-/m1/s1. The van der Waals surface area contributed by atoms with E-state index in [1.807, 2.05) is 46.8 Å². The number of fused-ring (bicyclic) bond motifs is 1. The molecule has 2 aromatic heterocycles.